The zero-order valence-electron chi connectivity index (χ0n) is 23.3. The highest BCUT2D eigenvalue weighted by Gasteiger charge is 2.80. The summed E-state index contributed by atoms with van der Waals surface area (Å²) in [5, 5.41) is 3.22. The molecule has 8 rings (SSSR count). The summed E-state index contributed by atoms with van der Waals surface area (Å²) in [5.74, 6) is 2.53. The van der Waals surface area contributed by atoms with E-state index in [0.29, 0.717) is 12.6 Å². The Morgan fingerprint density at radius 1 is 1.10 bits per heavy atom. The molecular formula is C32H38N2O5. The first-order valence-electron chi connectivity index (χ1n) is 14.2. The normalized spacial score (nSPS) is 35.4. The lowest BCUT2D eigenvalue weighted by Gasteiger charge is -2.73. The van der Waals surface area contributed by atoms with Crippen molar-refractivity contribution in [3.8, 4) is 17.2 Å². The van der Waals surface area contributed by atoms with E-state index in [1.165, 1.54) is 11.1 Å². The molecule has 1 N–H and O–H groups in total. The van der Waals surface area contributed by atoms with Crippen LogP contribution >= 0.6 is 0 Å². The third-order valence-corrected chi connectivity index (χ3v) is 11.1. The Hall–Kier alpha value is -3.03. The molecule has 1 saturated heterocycles. The Morgan fingerprint density at radius 2 is 1.92 bits per heavy atom. The maximum atomic E-state index is 13.0. The van der Waals surface area contributed by atoms with Gasteiger partial charge in [0.25, 0.3) is 0 Å². The summed E-state index contributed by atoms with van der Waals surface area (Å²) in [4.78, 5) is 15.6. The molecule has 3 saturated carbocycles. The van der Waals surface area contributed by atoms with Crippen LogP contribution in [0.2, 0.25) is 0 Å². The number of rotatable bonds is 7. The molecule has 4 fully saturated rings. The fourth-order valence-corrected chi connectivity index (χ4v) is 9.47. The number of carbonyl (C=O) groups is 1. The molecule has 0 unspecified atom stereocenters. The van der Waals surface area contributed by atoms with E-state index < -0.39 is 5.60 Å². The number of methoxy groups -OCH3 is 3. The van der Waals surface area contributed by atoms with Gasteiger partial charge in [0.15, 0.2) is 11.5 Å². The topological polar surface area (TPSA) is 69.3 Å². The van der Waals surface area contributed by atoms with E-state index in [1.54, 1.807) is 20.3 Å². The second-order valence-corrected chi connectivity index (χ2v) is 12.1. The highest BCUT2D eigenvalue weighted by Crippen LogP contribution is 2.76. The summed E-state index contributed by atoms with van der Waals surface area (Å²) in [5.41, 5.74) is 3.19. The Bertz CT molecular complexity index is 1360. The minimum Gasteiger partial charge on any atom is -0.496 e. The number of likely N-dealkylation sites (N-methyl/N-ethyl adjacent to an activating group) is 1. The van der Waals surface area contributed by atoms with Crippen LogP contribution in [0, 0.1) is 11.3 Å². The van der Waals surface area contributed by atoms with E-state index in [2.05, 4.69) is 29.4 Å². The first kappa shape index (κ1) is 25.0. The number of hydrogen-bond acceptors (Lipinski definition) is 6. The number of nitrogens with zero attached hydrogens (tertiary/aromatic N) is 1. The largest absolute Gasteiger partial charge is 0.496 e. The summed E-state index contributed by atoms with van der Waals surface area (Å²) in [6, 6.07) is 12.5. The van der Waals surface area contributed by atoms with Gasteiger partial charge in [0.05, 0.1) is 14.2 Å². The van der Waals surface area contributed by atoms with Gasteiger partial charge in [-0.05, 0) is 69.5 Å². The second kappa shape index (κ2) is 8.73. The third kappa shape index (κ3) is 3.09. The summed E-state index contributed by atoms with van der Waals surface area (Å²) in [7, 11) is 7.50. The minimum atomic E-state index is -0.472. The van der Waals surface area contributed by atoms with Crippen molar-refractivity contribution in [2.24, 2.45) is 11.3 Å². The van der Waals surface area contributed by atoms with Gasteiger partial charge in [-0.15, -0.1) is 0 Å². The van der Waals surface area contributed by atoms with Crippen LogP contribution in [0.4, 0.5) is 0 Å². The zero-order chi connectivity index (χ0) is 27.0. The van der Waals surface area contributed by atoms with E-state index in [-0.39, 0.29) is 28.8 Å². The number of carbonyl (C=O) groups excluding carboxylic acids is 1. The maximum absolute atomic E-state index is 13.0. The zero-order valence-corrected chi connectivity index (χ0v) is 23.3. The molecule has 7 heteroatoms. The molecule has 2 aliphatic heterocycles. The average Bonchev–Trinajstić information content (AvgIpc) is 3.34. The van der Waals surface area contributed by atoms with E-state index in [4.69, 9.17) is 18.9 Å². The molecule has 2 aromatic rings. The molecule has 39 heavy (non-hydrogen) atoms. The maximum Gasteiger partial charge on any atom is 0.244 e. The van der Waals surface area contributed by atoms with Gasteiger partial charge in [0, 0.05) is 53.6 Å². The molecule has 2 aromatic carbocycles. The number of fused-ring (bicyclic) bond motifs is 2. The predicted molar refractivity (Wildman–Crippen MR) is 148 cm³/mol. The van der Waals surface area contributed by atoms with Gasteiger partial charge in [-0.2, -0.15) is 0 Å². The average molecular weight is 531 g/mol. The molecule has 7 nitrogen and oxygen atoms in total. The lowest BCUT2D eigenvalue weighted by Crippen LogP contribution is -2.81. The van der Waals surface area contributed by atoms with Gasteiger partial charge in [-0.3, -0.25) is 4.79 Å². The first-order chi connectivity index (χ1) is 18.9. The molecule has 1 amide bonds. The van der Waals surface area contributed by atoms with Crippen LogP contribution in [-0.2, 0) is 21.4 Å². The number of benzene rings is 2. The molecule has 206 valence electrons. The van der Waals surface area contributed by atoms with Crippen LogP contribution in [0.3, 0.4) is 0 Å². The molecule has 4 bridgehead atoms. The minimum absolute atomic E-state index is 0.0815. The SMILES string of the molecule is COc1ccccc1/C=C/C(=O)NC[C@H]1C[C@@]23CC[C@@]1(OC)[C@@H]1Oc4c(OC)ccc5c4[C@@]12CCN(C)[C@@H]3C5. The molecule has 4 aliphatic carbocycles. The van der Waals surface area contributed by atoms with Gasteiger partial charge >= 0.3 is 0 Å². The Kier molecular flexibility index (Phi) is 5.59. The van der Waals surface area contributed by atoms with Crippen LogP contribution in [0.25, 0.3) is 6.08 Å². The van der Waals surface area contributed by atoms with Crippen molar-refractivity contribution in [2.45, 2.75) is 55.3 Å². The monoisotopic (exact) mass is 530 g/mol. The van der Waals surface area contributed by atoms with E-state index in [1.807, 2.05) is 37.5 Å². The molecule has 2 spiro atoms. The number of para-hydroxylation sites is 1. The molecule has 6 atom stereocenters. The lowest BCUT2D eigenvalue weighted by atomic mass is 9.35. The first-order valence-corrected chi connectivity index (χ1v) is 14.2. The van der Waals surface area contributed by atoms with Gasteiger partial charge in [0.2, 0.25) is 5.91 Å². The van der Waals surface area contributed by atoms with Crippen molar-refractivity contribution in [1.82, 2.24) is 10.2 Å². The van der Waals surface area contributed by atoms with Gasteiger partial charge in [0.1, 0.15) is 17.5 Å². The number of nitrogens with one attached hydrogen (secondary N) is 1. The standard InChI is InChI=1S/C32H38N2O5/c1-34-16-15-31-27-21-9-11-24(37-3)28(27)39-29(31)32(38-4)14-13-30(31,25(34)17-21)18-22(32)19-33-26(35)12-10-20-7-5-6-8-23(20)36-2/h5-12,22,25,29H,13-19H2,1-4H3,(H,33,35)/b12-10+/t22-,25-,29-,30-,31+,32+/m1/s1. The predicted octanol–water partition coefficient (Wildman–Crippen LogP) is 3.98. The number of likely N-dealkylation sites (tertiary alicyclic amines) is 1. The lowest BCUT2D eigenvalue weighted by molar-refractivity contribution is -0.274. The van der Waals surface area contributed by atoms with E-state index in [0.717, 1.165) is 61.5 Å². The fraction of sp³-hybridized carbons (Fsp3) is 0.531. The van der Waals surface area contributed by atoms with Crippen molar-refractivity contribution in [2.75, 3.05) is 41.5 Å². The van der Waals surface area contributed by atoms with Gasteiger partial charge in [-0.1, -0.05) is 24.3 Å². The van der Waals surface area contributed by atoms with Crippen molar-refractivity contribution in [1.29, 1.82) is 0 Å². The Labute approximate surface area is 230 Å². The number of ether oxygens (including phenoxy) is 4. The summed E-state index contributed by atoms with van der Waals surface area (Å²) >= 11 is 0. The van der Waals surface area contributed by atoms with Crippen LogP contribution in [-0.4, -0.2) is 70.0 Å². The van der Waals surface area contributed by atoms with Gasteiger partial charge in [-0.25, -0.2) is 0 Å². The van der Waals surface area contributed by atoms with Gasteiger partial charge < -0.3 is 29.2 Å². The highest BCUT2D eigenvalue weighted by atomic mass is 16.6. The van der Waals surface area contributed by atoms with E-state index in [9.17, 15) is 4.79 Å². The van der Waals surface area contributed by atoms with Crippen molar-refractivity contribution < 1.29 is 23.7 Å². The Morgan fingerprint density at radius 3 is 2.72 bits per heavy atom. The van der Waals surface area contributed by atoms with Crippen molar-refractivity contribution >= 4 is 12.0 Å². The smallest absolute Gasteiger partial charge is 0.244 e. The molecule has 0 aromatic heterocycles. The van der Waals surface area contributed by atoms with E-state index >= 15 is 0 Å². The third-order valence-electron chi connectivity index (χ3n) is 11.1. The van der Waals surface area contributed by atoms with Crippen molar-refractivity contribution in [3.63, 3.8) is 0 Å². The fourth-order valence-electron chi connectivity index (χ4n) is 9.47. The molecule has 6 aliphatic rings. The number of hydrogen-bond donors (Lipinski definition) is 1. The van der Waals surface area contributed by atoms with Crippen molar-refractivity contribution in [3.05, 3.63) is 59.2 Å². The molecule has 0 radical (unpaired) electrons. The van der Waals surface area contributed by atoms with Crippen LogP contribution in [0.5, 0.6) is 17.2 Å². The summed E-state index contributed by atoms with van der Waals surface area (Å²) in [6.45, 7) is 1.61. The molecule has 2 heterocycles. The number of amides is 1. The van der Waals surface area contributed by atoms with Crippen LogP contribution in [0.15, 0.2) is 42.5 Å². The van der Waals surface area contributed by atoms with Crippen LogP contribution < -0.4 is 19.5 Å². The summed E-state index contributed by atoms with van der Waals surface area (Å²) < 4.78 is 24.8. The highest BCUT2D eigenvalue weighted by molar-refractivity contribution is 5.92. The number of piperidine rings is 1. The molecular weight excluding hydrogens is 492 g/mol. The van der Waals surface area contributed by atoms with Crippen LogP contribution in [0.1, 0.15) is 42.4 Å². The second-order valence-electron chi connectivity index (χ2n) is 12.1. The quantitative estimate of drug-likeness (QED) is 0.547. The Balaban J connectivity index is 1.23. The summed E-state index contributed by atoms with van der Waals surface area (Å²) in [6.07, 6.45) is 8.47.